The van der Waals surface area contributed by atoms with Crippen molar-refractivity contribution in [1.82, 2.24) is 0 Å². The molecule has 2 N–H and O–H groups in total. The number of hydrogen-bond acceptors (Lipinski definition) is 2. The molecular weight excluding hydrogens is 228 g/mol. The third kappa shape index (κ3) is 4.15. The van der Waals surface area contributed by atoms with E-state index in [0.717, 1.165) is 18.4 Å². The first kappa shape index (κ1) is 14.7. The van der Waals surface area contributed by atoms with Gasteiger partial charge in [-0.25, -0.2) is 4.79 Å². The van der Waals surface area contributed by atoms with Gasteiger partial charge in [0.2, 0.25) is 0 Å². The van der Waals surface area contributed by atoms with Crippen LogP contribution in [0, 0.1) is 5.92 Å². The minimum Gasteiger partial charge on any atom is -0.478 e. The Morgan fingerprint density at radius 1 is 1.28 bits per heavy atom. The third-order valence-corrected chi connectivity index (χ3v) is 3.20. The van der Waals surface area contributed by atoms with Gasteiger partial charge in [-0.2, -0.15) is 0 Å². The maximum atomic E-state index is 10.7. The molecule has 0 aromatic heterocycles. The van der Waals surface area contributed by atoms with Gasteiger partial charge in [0, 0.05) is 0 Å². The van der Waals surface area contributed by atoms with Crippen LogP contribution in [0.1, 0.15) is 56.0 Å². The molecule has 0 saturated carbocycles. The van der Waals surface area contributed by atoms with Crippen molar-refractivity contribution in [2.45, 2.75) is 45.6 Å². The average Bonchev–Trinajstić information content (AvgIpc) is 2.28. The first-order chi connectivity index (χ1) is 8.33. The van der Waals surface area contributed by atoms with Gasteiger partial charge >= 0.3 is 5.97 Å². The summed E-state index contributed by atoms with van der Waals surface area (Å²) in [4.78, 5) is 10.7. The molecule has 100 valence electrons. The lowest BCUT2D eigenvalue weighted by Gasteiger charge is -2.24. The van der Waals surface area contributed by atoms with Crippen LogP contribution in [-0.4, -0.2) is 16.2 Å². The summed E-state index contributed by atoms with van der Waals surface area (Å²) in [6.07, 6.45) is 2.74. The van der Waals surface area contributed by atoms with Crippen LogP contribution in [0.3, 0.4) is 0 Å². The Morgan fingerprint density at radius 3 is 2.28 bits per heavy atom. The molecule has 0 heterocycles. The lowest BCUT2D eigenvalue weighted by Crippen LogP contribution is -2.21. The fourth-order valence-corrected chi connectivity index (χ4v) is 1.97. The minimum absolute atomic E-state index is 0.247. The Labute approximate surface area is 108 Å². The second-order valence-electron chi connectivity index (χ2n) is 5.44. The van der Waals surface area contributed by atoms with Gasteiger partial charge in [-0.15, -0.1) is 0 Å². The van der Waals surface area contributed by atoms with Gasteiger partial charge in [-0.3, -0.25) is 0 Å². The molecule has 0 bridgehead atoms. The first-order valence-corrected chi connectivity index (χ1v) is 6.39. The second kappa shape index (κ2) is 6.01. The molecule has 0 aliphatic heterocycles. The van der Waals surface area contributed by atoms with Gasteiger partial charge in [0.15, 0.2) is 0 Å². The third-order valence-electron chi connectivity index (χ3n) is 3.20. The first-order valence-electron chi connectivity index (χ1n) is 6.39. The van der Waals surface area contributed by atoms with E-state index in [1.807, 2.05) is 0 Å². The highest BCUT2D eigenvalue weighted by molar-refractivity contribution is 5.87. The predicted molar refractivity (Wildman–Crippen MR) is 71.7 cm³/mol. The van der Waals surface area contributed by atoms with Crippen LogP contribution >= 0.6 is 0 Å². The molecule has 1 atom stereocenters. The fraction of sp³-hybridized carbons (Fsp3) is 0.533. The second-order valence-corrected chi connectivity index (χ2v) is 5.44. The van der Waals surface area contributed by atoms with E-state index in [4.69, 9.17) is 5.11 Å². The topological polar surface area (TPSA) is 57.5 Å². The molecule has 3 heteroatoms. The number of rotatable bonds is 6. The van der Waals surface area contributed by atoms with Gasteiger partial charge in [0.25, 0.3) is 0 Å². The van der Waals surface area contributed by atoms with E-state index in [0.29, 0.717) is 12.3 Å². The number of aliphatic hydroxyl groups is 1. The van der Waals surface area contributed by atoms with Crippen molar-refractivity contribution in [3.8, 4) is 0 Å². The van der Waals surface area contributed by atoms with Crippen molar-refractivity contribution in [3.05, 3.63) is 35.4 Å². The lowest BCUT2D eigenvalue weighted by molar-refractivity contribution is 0.0439. The normalized spacial score (nSPS) is 14.5. The summed E-state index contributed by atoms with van der Waals surface area (Å²) < 4.78 is 0. The molecule has 1 aromatic carbocycles. The molecule has 3 nitrogen and oxygen atoms in total. The van der Waals surface area contributed by atoms with E-state index < -0.39 is 11.6 Å². The summed E-state index contributed by atoms with van der Waals surface area (Å²) in [7, 11) is 0. The molecule has 0 amide bonds. The zero-order valence-electron chi connectivity index (χ0n) is 11.3. The van der Waals surface area contributed by atoms with Crippen LogP contribution in [0.2, 0.25) is 0 Å². The monoisotopic (exact) mass is 250 g/mol. The number of carboxylic acid groups (broad SMARTS) is 1. The number of carboxylic acids is 1. The molecule has 0 radical (unpaired) electrons. The van der Waals surface area contributed by atoms with E-state index in [-0.39, 0.29) is 5.56 Å². The highest BCUT2D eigenvalue weighted by Gasteiger charge is 2.22. The molecule has 0 saturated heterocycles. The Balaban J connectivity index is 2.69. The van der Waals surface area contributed by atoms with Crippen molar-refractivity contribution in [1.29, 1.82) is 0 Å². The standard InChI is InChI=1S/C15H22O3/c1-11(2)5-4-10-15(3,18)13-8-6-12(7-9-13)14(16)17/h6-9,11,18H,4-5,10H2,1-3H3,(H,16,17)/t15-/m1/s1. The van der Waals surface area contributed by atoms with E-state index in [1.54, 1.807) is 19.1 Å². The zero-order valence-corrected chi connectivity index (χ0v) is 11.3. The summed E-state index contributed by atoms with van der Waals surface area (Å²) in [5.41, 5.74) is 0.138. The largest absolute Gasteiger partial charge is 0.478 e. The van der Waals surface area contributed by atoms with Crippen molar-refractivity contribution >= 4 is 5.97 Å². The highest BCUT2D eigenvalue weighted by Crippen LogP contribution is 2.27. The van der Waals surface area contributed by atoms with E-state index >= 15 is 0 Å². The maximum Gasteiger partial charge on any atom is 0.335 e. The quantitative estimate of drug-likeness (QED) is 0.813. The van der Waals surface area contributed by atoms with Gasteiger partial charge in [-0.05, 0) is 43.4 Å². The highest BCUT2D eigenvalue weighted by atomic mass is 16.4. The molecule has 0 aliphatic carbocycles. The van der Waals surface area contributed by atoms with Crippen LogP contribution in [0.15, 0.2) is 24.3 Å². The van der Waals surface area contributed by atoms with Gasteiger partial charge < -0.3 is 10.2 Å². The minimum atomic E-state index is -0.944. The van der Waals surface area contributed by atoms with E-state index in [9.17, 15) is 9.90 Å². The number of hydrogen-bond donors (Lipinski definition) is 2. The molecule has 0 fully saturated rings. The zero-order chi connectivity index (χ0) is 13.8. The Morgan fingerprint density at radius 2 is 1.83 bits per heavy atom. The van der Waals surface area contributed by atoms with Gasteiger partial charge in [-0.1, -0.05) is 32.4 Å². The smallest absolute Gasteiger partial charge is 0.335 e. The Hall–Kier alpha value is -1.35. The predicted octanol–water partition coefficient (Wildman–Crippen LogP) is 3.42. The molecule has 0 unspecified atom stereocenters. The van der Waals surface area contributed by atoms with Crippen LogP contribution in [0.25, 0.3) is 0 Å². The van der Waals surface area contributed by atoms with Crippen molar-refractivity contribution in [2.24, 2.45) is 5.92 Å². The lowest BCUT2D eigenvalue weighted by atomic mass is 9.89. The summed E-state index contributed by atoms with van der Waals surface area (Å²) in [6, 6.07) is 6.46. The van der Waals surface area contributed by atoms with E-state index in [2.05, 4.69) is 13.8 Å². The van der Waals surface area contributed by atoms with Crippen molar-refractivity contribution < 1.29 is 15.0 Å². The van der Waals surface area contributed by atoms with E-state index in [1.165, 1.54) is 12.1 Å². The number of benzene rings is 1. The molecule has 18 heavy (non-hydrogen) atoms. The summed E-state index contributed by atoms with van der Waals surface area (Å²) >= 11 is 0. The van der Waals surface area contributed by atoms with Crippen molar-refractivity contribution in [2.75, 3.05) is 0 Å². The Bertz CT molecular complexity index is 391. The van der Waals surface area contributed by atoms with Crippen LogP contribution in [-0.2, 0) is 5.60 Å². The summed E-state index contributed by atoms with van der Waals surface area (Å²) in [5.74, 6) is -0.309. The maximum absolute atomic E-state index is 10.7. The molecule has 1 rings (SSSR count). The molecule has 0 spiro atoms. The molecule has 0 aliphatic rings. The van der Waals surface area contributed by atoms with Crippen LogP contribution < -0.4 is 0 Å². The van der Waals surface area contributed by atoms with Crippen LogP contribution in [0.5, 0.6) is 0 Å². The number of aromatic carboxylic acids is 1. The summed E-state index contributed by atoms with van der Waals surface area (Å²) in [6.45, 7) is 6.11. The summed E-state index contributed by atoms with van der Waals surface area (Å²) in [5, 5.41) is 19.2. The molecular formula is C15H22O3. The molecule has 1 aromatic rings. The fourth-order valence-electron chi connectivity index (χ4n) is 1.97. The van der Waals surface area contributed by atoms with Gasteiger partial charge in [0.05, 0.1) is 11.2 Å². The SMILES string of the molecule is CC(C)CCC[C@@](C)(O)c1ccc(C(=O)O)cc1. The average molecular weight is 250 g/mol. The van der Waals surface area contributed by atoms with Crippen molar-refractivity contribution in [3.63, 3.8) is 0 Å². The van der Waals surface area contributed by atoms with Gasteiger partial charge in [0.1, 0.15) is 0 Å². The Kier molecular flexibility index (Phi) is 4.91. The van der Waals surface area contributed by atoms with Crippen LogP contribution in [0.4, 0.5) is 0 Å². The number of carbonyl (C=O) groups is 1.